The number of aromatic nitrogens is 2. The van der Waals surface area contributed by atoms with Gasteiger partial charge in [0.15, 0.2) is 0 Å². The minimum atomic E-state index is -0.115. The van der Waals surface area contributed by atoms with E-state index in [-0.39, 0.29) is 11.6 Å². The molecule has 4 rings (SSSR count). The molecule has 6 heteroatoms. The Hall–Kier alpha value is -2.47. The molecule has 27 heavy (non-hydrogen) atoms. The summed E-state index contributed by atoms with van der Waals surface area (Å²) in [6, 6.07) is 17.8. The first-order chi connectivity index (χ1) is 13.1. The van der Waals surface area contributed by atoms with Crippen molar-refractivity contribution in [2.75, 3.05) is 0 Å². The van der Waals surface area contributed by atoms with Gasteiger partial charge in [0.2, 0.25) is 0 Å². The van der Waals surface area contributed by atoms with E-state index < -0.39 is 0 Å². The maximum Gasteiger partial charge on any atom is 0.260 e. The van der Waals surface area contributed by atoms with Gasteiger partial charge in [0.1, 0.15) is 10.7 Å². The molecule has 0 unspecified atom stereocenters. The molecule has 2 aromatic carbocycles. The first-order valence-corrected chi connectivity index (χ1v) is 9.92. The SMILES string of the molecule is C[C@H](NCc1nc2scc(-c3ccc(Cl)cc3)c2c(=O)[nH]1)c1ccccc1. The van der Waals surface area contributed by atoms with E-state index in [0.29, 0.717) is 22.8 Å². The number of hydrogen-bond acceptors (Lipinski definition) is 4. The second kappa shape index (κ2) is 7.64. The van der Waals surface area contributed by atoms with Gasteiger partial charge in [0.05, 0.1) is 11.9 Å². The monoisotopic (exact) mass is 395 g/mol. The van der Waals surface area contributed by atoms with E-state index in [4.69, 9.17) is 11.6 Å². The molecule has 0 aliphatic rings. The van der Waals surface area contributed by atoms with Crippen molar-refractivity contribution in [1.29, 1.82) is 0 Å². The predicted octanol–water partition coefficient (Wildman–Crippen LogP) is 5.16. The Labute approximate surface area is 165 Å². The first kappa shape index (κ1) is 17.9. The van der Waals surface area contributed by atoms with Gasteiger partial charge in [-0.15, -0.1) is 11.3 Å². The molecule has 0 amide bonds. The lowest BCUT2D eigenvalue weighted by molar-refractivity contribution is 0.559. The minimum absolute atomic E-state index is 0.115. The zero-order valence-corrected chi connectivity index (χ0v) is 16.3. The van der Waals surface area contributed by atoms with E-state index in [9.17, 15) is 4.79 Å². The molecule has 0 aliphatic heterocycles. The number of nitrogens with one attached hydrogen (secondary N) is 2. The summed E-state index contributed by atoms with van der Waals surface area (Å²) in [5, 5.41) is 6.68. The van der Waals surface area contributed by atoms with E-state index in [1.54, 1.807) is 0 Å². The van der Waals surface area contributed by atoms with Crippen LogP contribution in [0.15, 0.2) is 64.8 Å². The fraction of sp³-hybridized carbons (Fsp3) is 0.143. The van der Waals surface area contributed by atoms with Crippen LogP contribution in [0.25, 0.3) is 21.3 Å². The number of rotatable bonds is 5. The number of nitrogens with zero attached hydrogens (tertiary/aromatic N) is 1. The van der Waals surface area contributed by atoms with E-state index in [2.05, 4.69) is 34.3 Å². The molecule has 136 valence electrons. The highest BCUT2D eigenvalue weighted by Crippen LogP contribution is 2.31. The number of benzene rings is 2. The molecule has 2 N–H and O–H groups in total. The average Bonchev–Trinajstić information content (AvgIpc) is 3.12. The van der Waals surface area contributed by atoms with Crippen LogP contribution >= 0.6 is 22.9 Å². The number of hydrogen-bond donors (Lipinski definition) is 2. The maximum atomic E-state index is 12.7. The lowest BCUT2D eigenvalue weighted by atomic mass is 10.1. The van der Waals surface area contributed by atoms with Crippen molar-refractivity contribution in [1.82, 2.24) is 15.3 Å². The molecule has 4 aromatic rings. The molecule has 0 aliphatic carbocycles. The van der Waals surface area contributed by atoms with Crippen molar-refractivity contribution < 1.29 is 0 Å². The van der Waals surface area contributed by atoms with Crippen LogP contribution in [0.1, 0.15) is 24.4 Å². The van der Waals surface area contributed by atoms with Crippen molar-refractivity contribution in [3.8, 4) is 11.1 Å². The summed E-state index contributed by atoms with van der Waals surface area (Å²) in [7, 11) is 0. The van der Waals surface area contributed by atoms with Crippen molar-refractivity contribution in [2.24, 2.45) is 0 Å². The summed E-state index contributed by atoms with van der Waals surface area (Å²) in [5.74, 6) is 0.639. The van der Waals surface area contributed by atoms with Crippen molar-refractivity contribution in [3.63, 3.8) is 0 Å². The van der Waals surface area contributed by atoms with E-state index in [1.165, 1.54) is 16.9 Å². The van der Waals surface area contributed by atoms with Gasteiger partial charge in [-0.25, -0.2) is 4.98 Å². The van der Waals surface area contributed by atoms with Crippen molar-refractivity contribution in [2.45, 2.75) is 19.5 Å². The zero-order chi connectivity index (χ0) is 18.8. The second-order valence-corrected chi connectivity index (χ2v) is 7.66. The van der Waals surface area contributed by atoms with Crippen LogP contribution in [-0.2, 0) is 6.54 Å². The topological polar surface area (TPSA) is 57.8 Å². The molecule has 0 fully saturated rings. The molecule has 2 aromatic heterocycles. The third-order valence-corrected chi connectivity index (χ3v) is 5.65. The van der Waals surface area contributed by atoms with E-state index >= 15 is 0 Å². The summed E-state index contributed by atoms with van der Waals surface area (Å²) in [5.41, 5.74) is 2.93. The highest BCUT2D eigenvalue weighted by Gasteiger charge is 2.13. The van der Waals surface area contributed by atoms with Crippen molar-refractivity contribution >= 4 is 33.2 Å². The quantitative estimate of drug-likeness (QED) is 0.491. The van der Waals surface area contributed by atoms with E-state index in [1.807, 2.05) is 47.8 Å². The third kappa shape index (κ3) is 3.81. The van der Waals surface area contributed by atoms with Gasteiger partial charge >= 0.3 is 0 Å². The lowest BCUT2D eigenvalue weighted by Gasteiger charge is -2.13. The van der Waals surface area contributed by atoms with Gasteiger partial charge in [0, 0.05) is 22.0 Å². The Bertz CT molecular complexity index is 1120. The van der Waals surface area contributed by atoms with Gasteiger partial charge in [0.25, 0.3) is 5.56 Å². The normalized spacial score (nSPS) is 12.4. The van der Waals surface area contributed by atoms with Gasteiger partial charge in [-0.05, 0) is 30.2 Å². The van der Waals surface area contributed by atoms with Crippen LogP contribution < -0.4 is 10.9 Å². The Morgan fingerprint density at radius 1 is 1.15 bits per heavy atom. The Kier molecular flexibility index (Phi) is 5.07. The van der Waals surface area contributed by atoms with Crippen LogP contribution in [0.4, 0.5) is 0 Å². The highest BCUT2D eigenvalue weighted by molar-refractivity contribution is 7.17. The second-order valence-electron chi connectivity index (χ2n) is 6.36. The molecular formula is C21H18ClN3OS. The Morgan fingerprint density at radius 2 is 1.89 bits per heavy atom. The van der Waals surface area contributed by atoms with Crippen LogP contribution in [0.2, 0.25) is 5.02 Å². The maximum absolute atomic E-state index is 12.7. The summed E-state index contributed by atoms with van der Waals surface area (Å²) in [4.78, 5) is 21.0. The van der Waals surface area contributed by atoms with Gasteiger partial charge in [-0.1, -0.05) is 54.1 Å². The van der Waals surface area contributed by atoms with Gasteiger partial charge in [-0.3, -0.25) is 4.79 Å². The zero-order valence-electron chi connectivity index (χ0n) is 14.7. The van der Waals surface area contributed by atoms with Gasteiger partial charge < -0.3 is 10.3 Å². The third-order valence-electron chi connectivity index (χ3n) is 4.52. The Balaban J connectivity index is 1.59. The number of thiophene rings is 1. The molecule has 2 heterocycles. The summed E-state index contributed by atoms with van der Waals surface area (Å²) < 4.78 is 0. The Morgan fingerprint density at radius 3 is 2.63 bits per heavy atom. The predicted molar refractivity (Wildman–Crippen MR) is 112 cm³/mol. The van der Waals surface area contributed by atoms with Crippen LogP contribution in [-0.4, -0.2) is 9.97 Å². The van der Waals surface area contributed by atoms with E-state index in [0.717, 1.165) is 16.0 Å². The number of halogens is 1. The number of fused-ring (bicyclic) bond motifs is 1. The fourth-order valence-electron chi connectivity index (χ4n) is 3.03. The molecule has 0 saturated carbocycles. The van der Waals surface area contributed by atoms with Crippen molar-refractivity contribution in [3.05, 3.63) is 86.7 Å². The van der Waals surface area contributed by atoms with Crippen LogP contribution in [0.5, 0.6) is 0 Å². The summed E-state index contributed by atoms with van der Waals surface area (Å²) in [6.45, 7) is 2.59. The average molecular weight is 396 g/mol. The smallest absolute Gasteiger partial charge is 0.260 e. The van der Waals surface area contributed by atoms with Crippen LogP contribution in [0, 0.1) is 0 Å². The fourth-order valence-corrected chi connectivity index (χ4v) is 4.12. The standard InChI is InChI=1S/C21H18ClN3OS/c1-13(14-5-3-2-4-6-14)23-11-18-24-20(26)19-17(12-27-21(19)25-18)15-7-9-16(22)10-8-15/h2-10,12-13,23H,11H2,1H3,(H,24,25,26)/t13-/m0/s1. The highest BCUT2D eigenvalue weighted by atomic mass is 35.5. The molecule has 0 bridgehead atoms. The molecule has 1 atom stereocenters. The summed E-state index contributed by atoms with van der Waals surface area (Å²) in [6.07, 6.45) is 0. The molecule has 4 nitrogen and oxygen atoms in total. The minimum Gasteiger partial charge on any atom is -0.309 e. The molecule has 0 radical (unpaired) electrons. The molecule has 0 saturated heterocycles. The molecular weight excluding hydrogens is 378 g/mol. The number of aromatic amines is 1. The molecule has 0 spiro atoms. The van der Waals surface area contributed by atoms with Crippen LogP contribution in [0.3, 0.4) is 0 Å². The van der Waals surface area contributed by atoms with Gasteiger partial charge in [-0.2, -0.15) is 0 Å². The lowest BCUT2D eigenvalue weighted by Crippen LogP contribution is -2.22. The first-order valence-electron chi connectivity index (χ1n) is 8.66. The largest absolute Gasteiger partial charge is 0.309 e. The summed E-state index contributed by atoms with van der Waals surface area (Å²) >= 11 is 7.44. The number of H-pyrrole nitrogens is 1.